The molecule has 8 nitrogen and oxygen atoms in total. The van der Waals surface area contributed by atoms with Crippen LogP contribution in [0, 0.1) is 0 Å². The van der Waals surface area contributed by atoms with Gasteiger partial charge >= 0.3 is 0 Å². The van der Waals surface area contributed by atoms with Crippen LogP contribution in [-0.2, 0) is 13.1 Å². The summed E-state index contributed by atoms with van der Waals surface area (Å²) in [6.45, 7) is 1.03. The highest BCUT2D eigenvalue weighted by Crippen LogP contribution is 2.24. The molecule has 4 heterocycles. The van der Waals surface area contributed by atoms with E-state index in [2.05, 4.69) is 29.9 Å². The van der Waals surface area contributed by atoms with Crippen molar-refractivity contribution in [3.8, 4) is 0 Å². The first kappa shape index (κ1) is 19.4. The molecular formula is C18H10Cl4N8. The van der Waals surface area contributed by atoms with Gasteiger partial charge in [-0.05, 0) is 34.3 Å². The zero-order chi connectivity index (χ0) is 20.8. The molecule has 0 radical (unpaired) electrons. The van der Waals surface area contributed by atoms with Crippen LogP contribution in [0.25, 0.3) is 22.3 Å². The summed E-state index contributed by atoms with van der Waals surface area (Å²) in [7, 11) is 0. The van der Waals surface area contributed by atoms with Crippen molar-refractivity contribution < 1.29 is 0 Å². The van der Waals surface area contributed by atoms with Crippen LogP contribution >= 0.6 is 46.4 Å². The lowest BCUT2D eigenvalue weighted by Gasteiger charge is -2.12. The number of halogens is 4. The molecule has 150 valence electrons. The number of hydrogen-bond acceptors (Lipinski definition) is 6. The van der Waals surface area contributed by atoms with E-state index in [9.17, 15) is 0 Å². The first-order chi connectivity index (χ1) is 14.5. The zero-order valence-corrected chi connectivity index (χ0v) is 18.0. The number of aromatic nitrogens is 8. The highest BCUT2D eigenvalue weighted by molar-refractivity contribution is 6.35. The summed E-state index contributed by atoms with van der Waals surface area (Å²) in [6, 6.07) is 7.99. The summed E-state index contributed by atoms with van der Waals surface area (Å²) in [4.78, 5) is 25.0. The molecule has 0 spiro atoms. The lowest BCUT2D eigenvalue weighted by atomic mass is 10.1. The molecule has 5 aromatic rings. The van der Waals surface area contributed by atoms with Gasteiger partial charge in [-0.2, -0.15) is 9.97 Å². The van der Waals surface area contributed by atoms with Gasteiger partial charge in [-0.3, -0.25) is 0 Å². The van der Waals surface area contributed by atoms with Gasteiger partial charge in [0, 0.05) is 0 Å². The second-order valence-corrected chi connectivity index (χ2v) is 7.82. The predicted octanol–water partition coefficient (Wildman–Crippen LogP) is 4.68. The van der Waals surface area contributed by atoms with E-state index in [-0.39, 0.29) is 20.9 Å². The van der Waals surface area contributed by atoms with E-state index in [4.69, 9.17) is 46.4 Å². The topological polar surface area (TPSA) is 87.2 Å². The second kappa shape index (κ2) is 7.63. The second-order valence-electron chi connectivity index (χ2n) is 6.42. The van der Waals surface area contributed by atoms with E-state index in [1.165, 1.54) is 0 Å². The third kappa shape index (κ3) is 3.45. The van der Waals surface area contributed by atoms with Crippen molar-refractivity contribution in [2.75, 3.05) is 0 Å². The van der Waals surface area contributed by atoms with Gasteiger partial charge in [-0.1, -0.05) is 47.5 Å². The number of fused-ring (bicyclic) bond motifs is 2. The first-order valence-electron chi connectivity index (χ1n) is 8.64. The van der Waals surface area contributed by atoms with Gasteiger partial charge in [0.2, 0.25) is 10.6 Å². The Morgan fingerprint density at radius 2 is 1.07 bits per heavy atom. The summed E-state index contributed by atoms with van der Waals surface area (Å²) in [5.41, 5.74) is 4.23. The van der Waals surface area contributed by atoms with E-state index in [1.807, 2.05) is 33.4 Å². The number of hydrogen-bond donors (Lipinski definition) is 0. The van der Waals surface area contributed by atoms with Crippen molar-refractivity contribution >= 4 is 68.7 Å². The first-order valence-corrected chi connectivity index (χ1v) is 10.2. The fourth-order valence-electron chi connectivity index (χ4n) is 3.23. The van der Waals surface area contributed by atoms with E-state index >= 15 is 0 Å². The molecule has 0 unspecified atom stereocenters. The van der Waals surface area contributed by atoms with E-state index < -0.39 is 0 Å². The molecule has 0 aliphatic rings. The van der Waals surface area contributed by atoms with Crippen molar-refractivity contribution in [1.82, 2.24) is 39.0 Å². The largest absolute Gasteiger partial charge is 0.311 e. The van der Waals surface area contributed by atoms with Crippen molar-refractivity contribution in [3.05, 3.63) is 68.9 Å². The summed E-state index contributed by atoms with van der Waals surface area (Å²) < 4.78 is 3.74. The van der Waals surface area contributed by atoms with Crippen LogP contribution in [0.3, 0.4) is 0 Å². The normalized spacial score (nSPS) is 11.6. The van der Waals surface area contributed by atoms with Crippen molar-refractivity contribution in [2.24, 2.45) is 0 Å². The number of imidazole rings is 2. The average Bonchev–Trinajstić information content (AvgIpc) is 3.28. The fraction of sp³-hybridized carbons (Fsp3) is 0.111. The van der Waals surface area contributed by atoms with Gasteiger partial charge in [0.25, 0.3) is 0 Å². The van der Waals surface area contributed by atoms with Crippen LogP contribution in [0.15, 0.2) is 36.9 Å². The van der Waals surface area contributed by atoms with Crippen LogP contribution in [0.2, 0.25) is 20.9 Å². The molecule has 0 N–H and O–H groups in total. The third-order valence-electron chi connectivity index (χ3n) is 4.59. The van der Waals surface area contributed by atoms with Gasteiger partial charge in [0.05, 0.1) is 25.7 Å². The lowest BCUT2D eigenvalue weighted by molar-refractivity contribution is 0.764. The SMILES string of the molecule is Clc1nc(Cl)c2ncn(Cc3ccccc3Cn3cnc4c(Cl)nc(Cl)nc43)c2n1. The van der Waals surface area contributed by atoms with Gasteiger partial charge in [-0.15, -0.1) is 0 Å². The van der Waals surface area contributed by atoms with Crippen molar-refractivity contribution in [2.45, 2.75) is 13.1 Å². The van der Waals surface area contributed by atoms with Gasteiger partial charge < -0.3 is 9.13 Å². The molecule has 0 bridgehead atoms. The Bertz CT molecular complexity index is 1300. The highest BCUT2D eigenvalue weighted by Gasteiger charge is 2.15. The van der Waals surface area contributed by atoms with Crippen LogP contribution in [0.4, 0.5) is 0 Å². The van der Waals surface area contributed by atoms with Crippen LogP contribution in [0.1, 0.15) is 11.1 Å². The van der Waals surface area contributed by atoms with E-state index in [1.54, 1.807) is 12.7 Å². The van der Waals surface area contributed by atoms with Crippen LogP contribution in [-0.4, -0.2) is 39.0 Å². The summed E-state index contributed by atoms with van der Waals surface area (Å²) in [5.74, 6) is 0. The fourth-order valence-corrected chi connectivity index (χ4v) is 4.08. The maximum absolute atomic E-state index is 6.13. The number of rotatable bonds is 4. The number of nitrogens with zero attached hydrogens (tertiary/aromatic N) is 8. The summed E-state index contributed by atoms with van der Waals surface area (Å²) in [6.07, 6.45) is 3.33. The average molecular weight is 480 g/mol. The minimum atomic E-state index is 0.0702. The molecule has 5 rings (SSSR count). The smallest absolute Gasteiger partial charge is 0.225 e. The molecule has 0 saturated heterocycles. The summed E-state index contributed by atoms with van der Waals surface area (Å²) >= 11 is 24.2. The van der Waals surface area contributed by atoms with Crippen molar-refractivity contribution in [3.63, 3.8) is 0 Å². The quantitative estimate of drug-likeness (QED) is 0.275. The Balaban J connectivity index is 1.53. The molecule has 1 aromatic carbocycles. The van der Waals surface area contributed by atoms with Crippen LogP contribution < -0.4 is 0 Å². The highest BCUT2D eigenvalue weighted by atomic mass is 35.5. The minimum absolute atomic E-state index is 0.0702. The third-order valence-corrected chi connectivity index (χ3v) is 5.45. The van der Waals surface area contributed by atoms with Crippen LogP contribution in [0.5, 0.6) is 0 Å². The summed E-state index contributed by atoms with van der Waals surface area (Å²) in [5, 5.41) is 0.576. The maximum Gasteiger partial charge on any atom is 0.225 e. The molecule has 0 aliphatic heterocycles. The Morgan fingerprint density at radius 3 is 1.50 bits per heavy atom. The Labute approximate surface area is 189 Å². The Morgan fingerprint density at radius 1 is 0.633 bits per heavy atom. The van der Waals surface area contributed by atoms with Gasteiger partial charge in [-0.25, -0.2) is 19.9 Å². The number of benzene rings is 1. The molecule has 0 fully saturated rings. The maximum atomic E-state index is 6.13. The molecule has 4 aromatic heterocycles. The standard InChI is InChI=1S/C18H10Cl4N8/c19-13-11-15(27-17(21)25-13)29(7-23-11)5-9-3-1-2-4-10(9)6-30-8-24-12-14(20)26-18(22)28-16(12)30/h1-4,7-8H,5-6H2. The predicted molar refractivity (Wildman–Crippen MR) is 115 cm³/mol. The molecule has 0 saturated carbocycles. The van der Waals surface area contributed by atoms with Crippen molar-refractivity contribution in [1.29, 1.82) is 0 Å². The molecule has 30 heavy (non-hydrogen) atoms. The minimum Gasteiger partial charge on any atom is -0.311 e. The van der Waals surface area contributed by atoms with Gasteiger partial charge in [0.1, 0.15) is 11.0 Å². The molecule has 0 aliphatic carbocycles. The van der Waals surface area contributed by atoms with Gasteiger partial charge in [0.15, 0.2) is 21.6 Å². The Hall–Kier alpha value is -2.52. The lowest BCUT2D eigenvalue weighted by Crippen LogP contribution is -2.07. The molecule has 12 heteroatoms. The zero-order valence-electron chi connectivity index (χ0n) is 15.0. The Kier molecular flexibility index (Phi) is 4.94. The molecular weight excluding hydrogens is 470 g/mol. The molecule has 0 amide bonds. The monoisotopic (exact) mass is 478 g/mol. The van der Waals surface area contributed by atoms with E-state index in [0.717, 1.165) is 11.1 Å². The molecule has 0 atom stereocenters. The van der Waals surface area contributed by atoms with E-state index in [0.29, 0.717) is 35.4 Å².